The number of oxime groups is 1. The molecule has 0 amide bonds. The molecule has 0 saturated carbocycles. The lowest BCUT2D eigenvalue weighted by Gasteiger charge is -2.18. The lowest BCUT2D eigenvalue weighted by Crippen LogP contribution is -2.15. The van der Waals surface area contributed by atoms with Gasteiger partial charge in [-0.2, -0.15) is 0 Å². The molecule has 138 valence electrons. The van der Waals surface area contributed by atoms with Crippen LogP contribution in [-0.4, -0.2) is 23.3 Å². The summed E-state index contributed by atoms with van der Waals surface area (Å²) in [6, 6.07) is 12.3. The number of rotatable bonds is 4. The van der Waals surface area contributed by atoms with Gasteiger partial charge in [-0.25, -0.2) is 8.78 Å². The maximum Gasteiger partial charge on any atom is 0.170 e. The molecule has 0 saturated heterocycles. The minimum Gasteiger partial charge on any atom is -0.508 e. The van der Waals surface area contributed by atoms with Gasteiger partial charge in [0, 0.05) is 16.7 Å². The van der Waals surface area contributed by atoms with Gasteiger partial charge in [0.15, 0.2) is 5.84 Å². The second-order valence-electron chi connectivity index (χ2n) is 5.75. The third-order valence-electron chi connectivity index (χ3n) is 4.10. The number of nitrogens with two attached hydrogens (primary N) is 1. The molecule has 0 unspecified atom stereocenters. The zero-order chi connectivity index (χ0) is 19.6. The van der Waals surface area contributed by atoms with E-state index in [0.29, 0.717) is 28.0 Å². The summed E-state index contributed by atoms with van der Waals surface area (Å²) in [5, 5.41) is 21.6. The van der Waals surface area contributed by atoms with Crippen molar-refractivity contribution in [3.63, 3.8) is 0 Å². The molecular formula is C20H16F2N2O3. The van der Waals surface area contributed by atoms with E-state index >= 15 is 0 Å². The van der Waals surface area contributed by atoms with Crippen LogP contribution < -0.4 is 10.5 Å². The molecule has 0 aliphatic heterocycles. The average Bonchev–Trinajstić information content (AvgIpc) is 2.67. The van der Waals surface area contributed by atoms with Crippen LogP contribution in [0.5, 0.6) is 11.5 Å². The number of phenolic OH excluding ortho intramolecular Hbond substituents is 1. The maximum atomic E-state index is 14.3. The first kappa shape index (κ1) is 18.2. The lowest BCUT2D eigenvalue weighted by molar-refractivity contribution is 0.318. The van der Waals surface area contributed by atoms with Gasteiger partial charge in [-0.3, -0.25) is 0 Å². The molecule has 0 atom stereocenters. The van der Waals surface area contributed by atoms with Crippen LogP contribution in [0.3, 0.4) is 0 Å². The molecule has 0 aliphatic rings. The van der Waals surface area contributed by atoms with Crippen molar-refractivity contribution in [2.45, 2.75) is 0 Å². The normalized spacial score (nSPS) is 11.4. The Balaban J connectivity index is 2.43. The summed E-state index contributed by atoms with van der Waals surface area (Å²) in [5.41, 5.74) is 7.37. The van der Waals surface area contributed by atoms with Crippen molar-refractivity contribution in [1.29, 1.82) is 0 Å². The third kappa shape index (κ3) is 3.52. The Morgan fingerprint density at radius 1 is 0.963 bits per heavy atom. The quantitative estimate of drug-likeness (QED) is 0.279. The van der Waals surface area contributed by atoms with Crippen molar-refractivity contribution in [3.05, 3.63) is 71.8 Å². The van der Waals surface area contributed by atoms with Gasteiger partial charge in [0.1, 0.15) is 23.1 Å². The number of methoxy groups -OCH3 is 1. The number of ether oxygens (including phenoxy) is 1. The van der Waals surface area contributed by atoms with E-state index in [-0.39, 0.29) is 17.1 Å². The van der Waals surface area contributed by atoms with Gasteiger partial charge in [-0.1, -0.05) is 17.3 Å². The predicted molar refractivity (Wildman–Crippen MR) is 98.0 cm³/mol. The number of amidine groups is 1. The average molecular weight is 370 g/mol. The minimum atomic E-state index is -0.626. The molecule has 0 heterocycles. The molecule has 0 aromatic heterocycles. The fraction of sp³-hybridized carbons (Fsp3) is 0.0500. The van der Waals surface area contributed by atoms with Crippen LogP contribution in [0.4, 0.5) is 8.78 Å². The third-order valence-corrected chi connectivity index (χ3v) is 4.10. The number of phenols is 1. The van der Waals surface area contributed by atoms with Crippen molar-refractivity contribution in [3.8, 4) is 33.8 Å². The molecular weight excluding hydrogens is 354 g/mol. The fourth-order valence-electron chi connectivity index (χ4n) is 2.90. The Kier molecular flexibility index (Phi) is 4.94. The summed E-state index contributed by atoms with van der Waals surface area (Å²) in [5.74, 6) is -1.13. The summed E-state index contributed by atoms with van der Waals surface area (Å²) < 4.78 is 33.6. The van der Waals surface area contributed by atoms with Gasteiger partial charge < -0.3 is 20.8 Å². The van der Waals surface area contributed by atoms with Crippen LogP contribution >= 0.6 is 0 Å². The highest BCUT2D eigenvalue weighted by Gasteiger charge is 2.21. The van der Waals surface area contributed by atoms with E-state index in [1.54, 1.807) is 12.1 Å². The second-order valence-corrected chi connectivity index (χ2v) is 5.75. The van der Waals surface area contributed by atoms with Crippen molar-refractivity contribution in [2.24, 2.45) is 10.9 Å². The van der Waals surface area contributed by atoms with Gasteiger partial charge >= 0.3 is 0 Å². The zero-order valence-electron chi connectivity index (χ0n) is 14.3. The monoisotopic (exact) mass is 370 g/mol. The Morgan fingerprint density at radius 2 is 1.63 bits per heavy atom. The molecule has 3 aromatic rings. The smallest absolute Gasteiger partial charge is 0.170 e. The van der Waals surface area contributed by atoms with Crippen molar-refractivity contribution in [2.75, 3.05) is 7.11 Å². The molecule has 5 nitrogen and oxygen atoms in total. The molecule has 4 N–H and O–H groups in total. The Hall–Kier alpha value is -3.61. The Morgan fingerprint density at radius 3 is 2.26 bits per heavy atom. The van der Waals surface area contributed by atoms with E-state index < -0.39 is 11.6 Å². The van der Waals surface area contributed by atoms with Gasteiger partial charge in [-0.15, -0.1) is 0 Å². The zero-order valence-corrected chi connectivity index (χ0v) is 14.3. The number of benzene rings is 3. The van der Waals surface area contributed by atoms with Crippen molar-refractivity contribution in [1.82, 2.24) is 0 Å². The minimum absolute atomic E-state index is 0.0386. The van der Waals surface area contributed by atoms with Crippen LogP contribution in [0.1, 0.15) is 5.56 Å². The second kappa shape index (κ2) is 7.33. The van der Waals surface area contributed by atoms with E-state index in [9.17, 15) is 13.9 Å². The largest absolute Gasteiger partial charge is 0.508 e. The predicted octanol–water partition coefficient (Wildman–Crippen LogP) is 4.11. The standard InChI is InChI=1S/C20H16F2N2O3/c1-27-18-7-4-12(21)8-16(18)19-15(11-2-5-14(25)6-3-11)9-13(22)10-17(19)20(23)24-26/h2-10,25-26H,1H3,(H2,23,24). The van der Waals surface area contributed by atoms with E-state index in [1.807, 2.05) is 0 Å². The van der Waals surface area contributed by atoms with Crippen molar-refractivity contribution < 1.29 is 23.8 Å². The number of hydrogen-bond acceptors (Lipinski definition) is 4. The molecule has 0 spiro atoms. The first-order chi connectivity index (χ1) is 12.9. The van der Waals surface area contributed by atoms with Gasteiger partial charge in [-0.05, 0) is 53.6 Å². The van der Waals surface area contributed by atoms with Crippen LogP contribution in [-0.2, 0) is 0 Å². The molecule has 0 bridgehead atoms. The number of hydrogen-bond donors (Lipinski definition) is 3. The number of nitrogens with zero attached hydrogens (tertiary/aromatic N) is 1. The SMILES string of the molecule is COc1ccc(F)cc1-c1c(/C(N)=N/O)cc(F)cc1-c1ccc(O)cc1. The topological polar surface area (TPSA) is 88.1 Å². The molecule has 3 aromatic carbocycles. The van der Waals surface area contributed by atoms with Crippen LogP contribution in [0.2, 0.25) is 0 Å². The maximum absolute atomic E-state index is 14.3. The highest BCUT2D eigenvalue weighted by atomic mass is 19.1. The van der Waals surface area contributed by atoms with Gasteiger partial charge in [0.25, 0.3) is 0 Å². The summed E-state index contributed by atoms with van der Waals surface area (Å²) in [6.07, 6.45) is 0. The van der Waals surface area contributed by atoms with E-state index in [1.165, 1.54) is 43.5 Å². The summed E-state index contributed by atoms with van der Waals surface area (Å²) in [7, 11) is 1.42. The highest BCUT2D eigenvalue weighted by molar-refractivity contribution is 6.07. The number of halogens is 2. The fourth-order valence-corrected chi connectivity index (χ4v) is 2.90. The van der Waals surface area contributed by atoms with E-state index in [2.05, 4.69) is 5.16 Å². The Bertz CT molecular complexity index is 1020. The van der Waals surface area contributed by atoms with Crippen LogP contribution in [0.15, 0.2) is 59.8 Å². The molecule has 7 heteroatoms. The Labute approximate surface area is 153 Å². The van der Waals surface area contributed by atoms with Gasteiger partial charge in [0.2, 0.25) is 0 Å². The number of aromatic hydroxyl groups is 1. The first-order valence-corrected chi connectivity index (χ1v) is 7.89. The van der Waals surface area contributed by atoms with E-state index in [4.69, 9.17) is 15.7 Å². The molecule has 3 rings (SSSR count). The highest BCUT2D eigenvalue weighted by Crippen LogP contribution is 2.41. The molecule has 0 fully saturated rings. The van der Waals surface area contributed by atoms with Crippen LogP contribution in [0, 0.1) is 11.6 Å². The molecule has 0 aliphatic carbocycles. The molecule has 0 radical (unpaired) electrons. The van der Waals surface area contributed by atoms with Crippen LogP contribution in [0.25, 0.3) is 22.3 Å². The molecule has 27 heavy (non-hydrogen) atoms. The first-order valence-electron chi connectivity index (χ1n) is 7.89. The summed E-state index contributed by atoms with van der Waals surface area (Å²) in [4.78, 5) is 0. The summed E-state index contributed by atoms with van der Waals surface area (Å²) >= 11 is 0. The lowest BCUT2D eigenvalue weighted by atomic mass is 9.89. The van der Waals surface area contributed by atoms with E-state index in [0.717, 1.165) is 6.07 Å². The summed E-state index contributed by atoms with van der Waals surface area (Å²) in [6.45, 7) is 0. The van der Waals surface area contributed by atoms with Gasteiger partial charge in [0.05, 0.1) is 7.11 Å². The van der Waals surface area contributed by atoms with Crippen molar-refractivity contribution >= 4 is 5.84 Å².